The average Bonchev–Trinajstić information content (AvgIpc) is 3.20. The predicted molar refractivity (Wildman–Crippen MR) is 107 cm³/mol. The zero-order valence-corrected chi connectivity index (χ0v) is 16.4. The van der Waals surface area contributed by atoms with Crippen LogP contribution in [0.1, 0.15) is 11.3 Å². The van der Waals surface area contributed by atoms with Gasteiger partial charge < -0.3 is 29.4 Å². The van der Waals surface area contributed by atoms with E-state index in [1.165, 1.54) is 0 Å². The number of nitrogens with zero attached hydrogens (tertiary/aromatic N) is 2. The van der Waals surface area contributed by atoms with E-state index in [0.717, 1.165) is 42.7 Å². The Bertz CT molecular complexity index is 674. The number of hydrogen-bond donors (Lipinski definition) is 2. The maximum Gasteiger partial charge on any atom is 0.191 e. The van der Waals surface area contributed by atoms with Gasteiger partial charge >= 0.3 is 0 Å². The first-order chi connectivity index (χ1) is 13.2. The van der Waals surface area contributed by atoms with Crippen molar-refractivity contribution in [2.24, 2.45) is 4.99 Å². The minimum absolute atomic E-state index is 0.590. The van der Waals surface area contributed by atoms with Crippen LogP contribution in [0.4, 0.5) is 0 Å². The van der Waals surface area contributed by atoms with Gasteiger partial charge in [-0.25, -0.2) is 0 Å². The van der Waals surface area contributed by atoms with Crippen molar-refractivity contribution in [3.63, 3.8) is 0 Å². The van der Waals surface area contributed by atoms with Crippen LogP contribution in [0.5, 0.6) is 5.75 Å². The van der Waals surface area contributed by atoms with Crippen molar-refractivity contribution < 1.29 is 13.9 Å². The molecule has 1 aromatic carbocycles. The molecule has 0 aliphatic rings. The Hall–Kier alpha value is -2.51. The van der Waals surface area contributed by atoms with Gasteiger partial charge in [-0.3, -0.25) is 4.99 Å². The first-order valence-electron chi connectivity index (χ1n) is 9.07. The number of benzene rings is 1. The van der Waals surface area contributed by atoms with E-state index in [1.54, 1.807) is 20.4 Å². The first kappa shape index (κ1) is 20.8. The van der Waals surface area contributed by atoms with E-state index in [-0.39, 0.29) is 0 Å². The Morgan fingerprint density at radius 3 is 2.67 bits per heavy atom. The number of ether oxygens (including phenoxy) is 2. The molecule has 1 aromatic heterocycles. The van der Waals surface area contributed by atoms with E-state index in [9.17, 15) is 0 Å². The number of aliphatic imine (C=N–C) groups is 1. The fourth-order valence-electron chi connectivity index (χ4n) is 2.41. The van der Waals surface area contributed by atoms with Gasteiger partial charge in [-0.2, -0.15) is 0 Å². The van der Waals surface area contributed by atoms with Crippen LogP contribution in [0.25, 0.3) is 0 Å². The Morgan fingerprint density at radius 2 is 1.93 bits per heavy atom. The molecule has 1 heterocycles. The molecule has 0 aliphatic carbocycles. The molecule has 0 fully saturated rings. The zero-order chi connectivity index (χ0) is 19.3. The van der Waals surface area contributed by atoms with Gasteiger partial charge in [-0.15, -0.1) is 0 Å². The fraction of sp³-hybridized carbons (Fsp3) is 0.450. The Labute approximate surface area is 161 Å². The summed E-state index contributed by atoms with van der Waals surface area (Å²) in [5.41, 5.74) is 1.13. The largest absolute Gasteiger partial charge is 0.492 e. The smallest absolute Gasteiger partial charge is 0.191 e. The van der Waals surface area contributed by atoms with Crippen molar-refractivity contribution in [1.82, 2.24) is 15.5 Å². The summed E-state index contributed by atoms with van der Waals surface area (Å²) in [4.78, 5) is 6.41. The standard InChI is InChI=1S/C20H30N4O3/c1-21-20(23-16-19-8-5-11-26-19)22-15-17-6-4-7-18(14-17)27-13-10-24(2)9-12-25-3/h4-8,11,14H,9-10,12-13,15-16H2,1-3H3,(H2,21,22,23). The Kier molecular flexibility index (Phi) is 9.23. The van der Waals surface area contributed by atoms with Crippen LogP contribution in [0.2, 0.25) is 0 Å². The summed E-state index contributed by atoms with van der Waals surface area (Å²) in [5, 5.41) is 6.51. The van der Waals surface area contributed by atoms with Gasteiger partial charge in [0.2, 0.25) is 0 Å². The van der Waals surface area contributed by atoms with Crippen molar-refractivity contribution in [2.75, 3.05) is 47.5 Å². The van der Waals surface area contributed by atoms with Gasteiger partial charge in [0, 0.05) is 33.8 Å². The molecular formula is C20H30N4O3. The van der Waals surface area contributed by atoms with Gasteiger partial charge in [-0.05, 0) is 36.9 Å². The highest BCUT2D eigenvalue weighted by Crippen LogP contribution is 2.13. The van der Waals surface area contributed by atoms with Gasteiger partial charge in [0.05, 0.1) is 19.4 Å². The predicted octanol–water partition coefficient (Wildman–Crippen LogP) is 2.10. The summed E-state index contributed by atoms with van der Waals surface area (Å²) >= 11 is 0. The molecule has 0 spiro atoms. The van der Waals surface area contributed by atoms with Crippen molar-refractivity contribution in [3.8, 4) is 5.75 Å². The summed E-state index contributed by atoms with van der Waals surface area (Å²) in [7, 11) is 5.52. The minimum Gasteiger partial charge on any atom is -0.492 e. The highest BCUT2D eigenvalue weighted by atomic mass is 16.5. The molecule has 148 valence electrons. The molecule has 0 saturated carbocycles. The van der Waals surface area contributed by atoms with E-state index < -0.39 is 0 Å². The molecule has 0 radical (unpaired) electrons. The zero-order valence-electron chi connectivity index (χ0n) is 16.4. The van der Waals surface area contributed by atoms with E-state index in [0.29, 0.717) is 19.7 Å². The second-order valence-corrected chi connectivity index (χ2v) is 6.15. The second kappa shape index (κ2) is 12.0. The molecule has 2 aromatic rings. The maximum absolute atomic E-state index is 5.86. The highest BCUT2D eigenvalue weighted by Gasteiger charge is 2.03. The van der Waals surface area contributed by atoms with Crippen LogP contribution in [0, 0.1) is 0 Å². The lowest BCUT2D eigenvalue weighted by molar-refractivity contribution is 0.150. The first-order valence-corrected chi connectivity index (χ1v) is 9.07. The van der Waals surface area contributed by atoms with Gasteiger partial charge in [0.15, 0.2) is 5.96 Å². The van der Waals surface area contributed by atoms with Crippen LogP contribution >= 0.6 is 0 Å². The summed E-state index contributed by atoms with van der Waals surface area (Å²) in [6.07, 6.45) is 1.66. The molecule has 0 aliphatic heterocycles. The summed E-state index contributed by atoms with van der Waals surface area (Å²) in [5.74, 6) is 2.45. The molecule has 7 nitrogen and oxygen atoms in total. The molecule has 0 saturated heterocycles. The third kappa shape index (κ3) is 8.15. The molecule has 0 bridgehead atoms. The van der Waals surface area contributed by atoms with E-state index in [2.05, 4.69) is 33.6 Å². The molecule has 0 unspecified atom stereocenters. The lowest BCUT2D eigenvalue weighted by Gasteiger charge is -2.16. The van der Waals surface area contributed by atoms with Crippen molar-refractivity contribution >= 4 is 5.96 Å². The molecule has 2 N–H and O–H groups in total. The Morgan fingerprint density at radius 1 is 1.11 bits per heavy atom. The third-order valence-electron chi connectivity index (χ3n) is 4.01. The number of methoxy groups -OCH3 is 1. The summed E-state index contributed by atoms with van der Waals surface area (Å²) < 4.78 is 16.2. The van der Waals surface area contributed by atoms with Gasteiger partial charge in [-0.1, -0.05) is 12.1 Å². The topological polar surface area (TPSA) is 71.3 Å². The average molecular weight is 374 g/mol. The quantitative estimate of drug-likeness (QED) is 0.464. The molecule has 0 amide bonds. The van der Waals surface area contributed by atoms with Crippen LogP contribution in [0.3, 0.4) is 0 Å². The molecular weight excluding hydrogens is 344 g/mol. The molecule has 2 rings (SSSR count). The summed E-state index contributed by atoms with van der Waals surface area (Å²) in [6, 6.07) is 11.9. The minimum atomic E-state index is 0.590. The number of likely N-dealkylation sites (N-methyl/N-ethyl adjacent to an activating group) is 1. The normalized spacial score (nSPS) is 11.6. The highest BCUT2D eigenvalue weighted by molar-refractivity contribution is 5.79. The lowest BCUT2D eigenvalue weighted by atomic mass is 10.2. The van der Waals surface area contributed by atoms with Crippen LogP contribution < -0.4 is 15.4 Å². The van der Waals surface area contributed by atoms with E-state index in [4.69, 9.17) is 13.9 Å². The number of hydrogen-bond acceptors (Lipinski definition) is 5. The summed E-state index contributed by atoms with van der Waals surface area (Å²) in [6.45, 7) is 4.37. The lowest BCUT2D eigenvalue weighted by Crippen LogP contribution is -2.36. The second-order valence-electron chi connectivity index (χ2n) is 6.15. The number of guanidine groups is 1. The number of rotatable bonds is 11. The van der Waals surface area contributed by atoms with Crippen molar-refractivity contribution in [3.05, 3.63) is 54.0 Å². The van der Waals surface area contributed by atoms with E-state index in [1.807, 2.05) is 30.3 Å². The number of furan rings is 1. The van der Waals surface area contributed by atoms with Crippen LogP contribution in [-0.4, -0.2) is 58.4 Å². The molecule has 7 heteroatoms. The Balaban J connectivity index is 1.73. The number of nitrogens with one attached hydrogen (secondary N) is 2. The van der Waals surface area contributed by atoms with Gasteiger partial charge in [0.25, 0.3) is 0 Å². The van der Waals surface area contributed by atoms with Crippen molar-refractivity contribution in [2.45, 2.75) is 13.1 Å². The fourth-order valence-corrected chi connectivity index (χ4v) is 2.41. The van der Waals surface area contributed by atoms with Crippen molar-refractivity contribution in [1.29, 1.82) is 0 Å². The van der Waals surface area contributed by atoms with Crippen LogP contribution in [0.15, 0.2) is 52.1 Å². The SMILES string of the molecule is CN=C(NCc1cccc(OCCN(C)CCOC)c1)NCc1ccco1. The van der Waals surface area contributed by atoms with E-state index >= 15 is 0 Å². The van der Waals surface area contributed by atoms with Crippen LogP contribution in [-0.2, 0) is 17.8 Å². The third-order valence-corrected chi connectivity index (χ3v) is 4.01. The molecule has 0 atom stereocenters. The maximum atomic E-state index is 5.86. The van der Waals surface area contributed by atoms with Gasteiger partial charge in [0.1, 0.15) is 18.1 Å². The monoisotopic (exact) mass is 374 g/mol. The molecule has 27 heavy (non-hydrogen) atoms.